The molecule has 2 amide bonds. The number of hydrogen-bond donors (Lipinski definition) is 3. The van der Waals surface area contributed by atoms with E-state index in [0.29, 0.717) is 6.54 Å². The zero-order valence-corrected chi connectivity index (χ0v) is 10.5. The van der Waals surface area contributed by atoms with Crippen molar-refractivity contribution in [2.75, 3.05) is 13.1 Å². The Hall–Kier alpha value is -0.810. The van der Waals surface area contributed by atoms with E-state index in [0.717, 1.165) is 19.4 Å². The lowest BCUT2D eigenvalue weighted by molar-refractivity contribution is -0.129. The van der Waals surface area contributed by atoms with Crippen molar-refractivity contribution in [2.24, 2.45) is 0 Å². The lowest BCUT2D eigenvalue weighted by Gasteiger charge is -2.16. The first-order chi connectivity index (χ1) is 7.15. The van der Waals surface area contributed by atoms with Crippen LogP contribution in [0, 0.1) is 0 Å². The van der Waals surface area contributed by atoms with Gasteiger partial charge in [-0.25, -0.2) is 0 Å². The van der Waals surface area contributed by atoms with Crippen LogP contribution >= 0.6 is 12.4 Å². The molecule has 0 radical (unpaired) electrons. The van der Waals surface area contributed by atoms with Gasteiger partial charge in [-0.05, 0) is 33.2 Å². The summed E-state index contributed by atoms with van der Waals surface area (Å²) in [4.78, 5) is 23.0. The predicted octanol–water partition coefficient (Wildman–Crippen LogP) is -0.199. The summed E-state index contributed by atoms with van der Waals surface area (Å²) in [5.74, 6) is -0.213. The van der Waals surface area contributed by atoms with Crippen molar-refractivity contribution in [3.63, 3.8) is 0 Å². The number of rotatable bonds is 4. The fraction of sp³-hybridized carbons (Fsp3) is 0.800. The summed E-state index contributed by atoms with van der Waals surface area (Å²) in [6, 6.07) is -0.582. The normalized spacial score (nSPS) is 20.8. The van der Waals surface area contributed by atoms with Crippen molar-refractivity contribution in [1.29, 1.82) is 0 Å². The van der Waals surface area contributed by atoms with Crippen molar-refractivity contribution in [3.05, 3.63) is 0 Å². The molecule has 0 aromatic heterocycles. The number of halogens is 1. The highest BCUT2D eigenvalue weighted by atomic mass is 35.5. The highest BCUT2D eigenvalue weighted by molar-refractivity contribution is 5.89. The molecule has 1 saturated heterocycles. The third kappa shape index (κ3) is 4.37. The van der Waals surface area contributed by atoms with Gasteiger partial charge in [0.1, 0.15) is 6.04 Å². The molecule has 1 fully saturated rings. The summed E-state index contributed by atoms with van der Waals surface area (Å²) in [7, 11) is 0. The van der Waals surface area contributed by atoms with E-state index < -0.39 is 6.04 Å². The van der Waals surface area contributed by atoms with Crippen molar-refractivity contribution < 1.29 is 9.59 Å². The zero-order valence-electron chi connectivity index (χ0n) is 9.71. The molecule has 1 aliphatic heterocycles. The predicted molar refractivity (Wildman–Crippen MR) is 64.6 cm³/mol. The highest BCUT2D eigenvalue weighted by Gasteiger charge is 2.24. The van der Waals surface area contributed by atoms with Crippen molar-refractivity contribution in [2.45, 2.75) is 38.8 Å². The maximum absolute atomic E-state index is 11.6. The molecule has 3 N–H and O–H groups in total. The van der Waals surface area contributed by atoms with E-state index in [-0.39, 0.29) is 30.3 Å². The van der Waals surface area contributed by atoms with Gasteiger partial charge in [0.2, 0.25) is 11.8 Å². The fourth-order valence-corrected chi connectivity index (χ4v) is 1.62. The minimum absolute atomic E-state index is 0. The van der Waals surface area contributed by atoms with Gasteiger partial charge in [0.15, 0.2) is 0 Å². The van der Waals surface area contributed by atoms with Crippen LogP contribution in [0.5, 0.6) is 0 Å². The van der Waals surface area contributed by atoms with E-state index in [1.165, 1.54) is 0 Å². The number of hydrogen-bond acceptors (Lipinski definition) is 3. The van der Waals surface area contributed by atoms with Gasteiger partial charge in [0.05, 0.1) is 6.04 Å². The molecule has 1 aliphatic rings. The van der Waals surface area contributed by atoms with Crippen LogP contribution in [-0.2, 0) is 9.59 Å². The summed E-state index contributed by atoms with van der Waals surface area (Å²) in [6.45, 7) is 5.01. The summed E-state index contributed by atoms with van der Waals surface area (Å²) >= 11 is 0. The molecule has 0 aliphatic carbocycles. The van der Waals surface area contributed by atoms with Gasteiger partial charge < -0.3 is 16.0 Å². The molecule has 6 heteroatoms. The first kappa shape index (κ1) is 15.2. The van der Waals surface area contributed by atoms with Gasteiger partial charge in [-0.2, -0.15) is 0 Å². The first-order valence-electron chi connectivity index (χ1n) is 5.46. The molecule has 0 bridgehead atoms. The monoisotopic (exact) mass is 249 g/mol. The van der Waals surface area contributed by atoms with E-state index in [4.69, 9.17) is 0 Å². The van der Waals surface area contributed by atoms with E-state index in [9.17, 15) is 9.59 Å². The maximum Gasteiger partial charge on any atom is 0.242 e. The van der Waals surface area contributed by atoms with Gasteiger partial charge in [0, 0.05) is 6.54 Å². The zero-order chi connectivity index (χ0) is 11.3. The van der Waals surface area contributed by atoms with E-state index >= 15 is 0 Å². The molecule has 0 spiro atoms. The number of carbonyl (C=O) groups is 2. The Morgan fingerprint density at radius 3 is 2.69 bits per heavy atom. The third-order valence-corrected chi connectivity index (χ3v) is 2.48. The van der Waals surface area contributed by atoms with Gasteiger partial charge >= 0.3 is 0 Å². The minimum atomic E-state index is -0.458. The second-order valence-electron chi connectivity index (χ2n) is 3.77. The molecule has 2 atom stereocenters. The molecule has 0 saturated carbocycles. The third-order valence-electron chi connectivity index (χ3n) is 2.48. The topological polar surface area (TPSA) is 70.2 Å². The molecule has 16 heavy (non-hydrogen) atoms. The number of amides is 2. The summed E-state index contributed by atoms with van der Waals surface area (Å²) < 4.78 is 0. The Bertz CT molecular complexity index is 242. The average Bonchev–Trinajstić information content (AvgIpc) is 2.70. The number of carbonyl (C=O) groups excluding carboxylic acids is 2. The van der Waals surface area contributed by atoms with Crippen molar-refractivity contribution >= 4 is 24.2 Å². The van der Waals surface area contributed by atoms with Gasteiger partial charge in [-0.1, -0.05) is 0 Å². The molecule has 1 rings (SSSR count). The lowest BCUT2D eigenvalue weighted by atomic mass is 10.2. The molecule has 5 nitrogen and oxygen atoms in total. The standard InChI is InChI=1S/C10H19N3O2.ClH/c1-3-11-9(14)7(2)13-10(15)8-5-4-6-12-8;/h7-8,12H,3-6H2,1-2H3,(H,11,14)(H,13,15);1H/t7?,8-;/m0./s1. The van der Waals surface area contributed by atoms with Crippen LogP contribution in [0.25, 0.3) is 0 Å². The van der Waals surface area contributed by atoms with E-state index in [1.54, 1.807) is 6.92 Å². The van der Waals surface area contributed by atoms with Crippen LogP contribution in [-0.4, -0.2) is 37.0 Å². The van der Waals surface area contributed by atoms with Gasteiger partial charge in [0.25, 0.3) is 0 Å². The van der Waals surface area contributed by atoms with E-state index in [1.807, 2.05) is 6.92 Å². The Morgan fingerprint density at radius 1 is 1.50 bits per heavy atom. The lowest BCUT2D eigenvalue weighted by Crippen LogP contribution is -2.50. The van der Waals surface area contributed by atoms with Crippen molar-refractivity contribution in [1.82, 2.24) is 16.0 Å². The van der Waals surface area contributed by atoms with Crippen LogP contribution < -0.4 is 16.0 Å². The Kier molecular flexibility index (Phi) is 7.08. The minimum Gasteiger partial charge on any atom is -0.355 e. The molecule has 1 heterocycles. The van der Waals surface area contributed by atoms with Crippen molar-refractivity contribution in [3.8, 4) is 0 Å². The SMILES string of the molecule is CCNC(=O)C(C)NC(=O)[C@@H]1CCCN1.Cl. The van der Waals surface area contributed by atoms with Crippen LogP contribution in [0.3, 0.4) is 0 Å². The van der Waals surface area contributed by atoms with Gasteiger partial charge in [-0.15, -0.1) is 12.4 Å². The Balaban J connectivity index is 0.00000225. The van der Waals surface area contributed by atoms with Crippen LogP contribution in [0.4, 0.5) is 0 Å². The molecule has 1 unspecified atom stereocenters. The number of likely N-dealkylation sites (N-methyl/N-ethyl adjacent to an activating group) is 1. The summed E-state index contributed by atoms with van der Waals surface area (Å²) in [5, 5.41) is 8.45. The fourth-order valence-electron chi connectivity index (χ4n) is 1.62. The second kappa shape index (κ2) is 7.46. The van der Waals surface area contributed by atoms with Crippen LogP contribution in [0.15, 0.2) is 0 Å². The van der Waals surface area contributed by atoms with Crippen LogP contribution in [0.2, 0.25) is 0 Å². The molecular weight excluding hydrogens is 230 g/mol. The highest BCUT2D eigenvalue weighted by Crippen LogP contribution is 2.04. The number of nitrogens with one attached hydrogen (secondary N) is 3. The Labute approximate surface area is 102 Å². The molecule has 0 aromatic carbocycles. The maximum atomic E-state index is 11.6. The molecular formula is C10H20ClN3O2. The molecule has 94 valence electrons. The second-order valence-corrected chi connectivity index (χ2v) is 3.77. The van der Waals surface area contributed by atoms with Crippen LogP contribution in [0.1, 0.15) is 26.7 Å². The summed E-state index contributed by atoms with van der Waals surface area (Å²) in [5.41, 5.74) is 0. The smallest absolute Gasteiger partial charge is 0.242 e. The average molecular weight is 250 g/mol. The Morgan fingerprint density at radius 2 is 2.19 bits per heavy atom. The quantitative estimate of drug-likeness (QED) is 0.646. The van der Waals surface area contributed by atoms with E-state index in [2.05, 4.69) is 16.0 Å². The first-order valence-corrected chi connectivity index (χ1v) is 5.46. The largest absolute Gasteiger partial charge is 0.355 e. The summed E-state index contributed by atoms with van der Waals surface area (Å²) in [6.07, 6.45) is 1.88. The van der Waals surface area contributed by atoms with Gasteiger partial charge in [-0.3, -0.25) is 9.59 Å². The molecule has 0 aromatic rings.